The van der Waals surface area contributed by atoms with Crippen LogP contribution >= 0.6 is 15.9 Å². The summed E-state index contributed by atoms with van der Waals surface area (Å²) in [6, 6.07) is 24.2. The Morgan fingerprint density at radius 1 is 0.968 bits per heavy atom. The van der Waals surface area contributed by atoms with Crippen LogP contribution in [0.1, 0.15) is 38.8 Å². The van der Waals surface area contributed by atoms with Crippen molar-refractivity contribution in [1.82, 2.24) is 5.43 Å². The number of halogens is 1. The van der Waals surface area contributed by atoms with E-state index in [1.165, 1.54) is 5.56 Å². The SMILES string of the molecule is C/C(=N/NC(=O)COc1ccc(C(C)(C)C)cc1Br)c1ccc(-c2ccccc2)cc1. The fraction of sp³-hybridized carbons (Fsp3) is 0.231. The Kier molecular flexibility index (Phi) is 7.29. The topological polar surface area (TPSA) is 50.7 Å². The van der Waals surface area contributed by atoms with Crippen molar-refractivity contribution in [2.24, 2.45) is 5.10 Å². The van der Waals surface area contributed by atoms with Crippen LogP contribution in [0.3, 0.4) is 0 Å². The molecule has 160 valence electrons. The summed E-state index contributed by atoms with van der Waals surface area (Å²) < 4.78 is 6.47. The zero-order valence-electron chi connectivity index (χ0n) is 18.3. The van der Waals surface area contributed by atoms with Crippen LogP contribution in [0.5, 0.6) is 5.75 Å². The van der Waals surface area contributed by atoms with E-state index in [1.807, 2.05) is 67.6 Å². The molecule has 0 fully saturated rings. The third kappa shape index (κ3) is 6.28. The summed E-state index contributed by atoms with van der Waals surface area (Å²) in [4.78, 5) is 12.2. The molecular formula is C26H27BrN2O2. The maximum absolute atomic E-state index is 12.2. The van der Waals surface area contributed by atoms with Crippen LogP contribution in [0.4, 0.5) is 0 Å². The molecule has 5 heteroatoms. The quantitative estimate of drug-likeness (QED) is 0.332. The number of rotatable bonds is 6. The minimum Gasteiger partial charge on any atom is -0.483 e. The average molecular weight is 479 g/mol. The number of hydrogen-bond donors (Lipinski definition) is 1. The van der Waals surface area contributed by atoms with Crippen molar-refractivity contribution in [3.05, 3.63) is 88.4 Å². The number of ether oxygens (including phenoxy) is 1. The number of carbonyl (C=O) groups is 1. The summed E-state index contributed by atoms with van der Waals surface area (Å²) in [5, 5.41) is 4.20. The molecular weight excluding hydrogens is 452 g/mol. The van der Waals surface area contributed by atoms with Crippen LogP contribution in [0.15, 0.2) is 82.4 Å². The summed E-state index contributed by atoms with van der Waals surface area (Å²) in [5.74, 6) is 0.312. The van der Waals surface area contributed by atoms with E-state index in [4.69, 9.17) is 4.74 Å². The molecule has 0 spiro atoms. The lowest BCUT2D eigenvalue weighted by Crippen LogP contribution is -2.25. The zero-order chi connectivity index (χ0) is 22.4. The summed E-state index contributed by atoms with van der Waals surface area (Å²) in [7, 11) is 0. The van der Waals surface area contributed by atoms with Gasteiger partial charge in [0.05, 0.1) is 10.2 Å². The molecule has 0 saturated carbocycles. The Morgan fingerprint density at radius 2 is 1.61 bits per heavy atom. The van der Waals surface area contributed by atoms with Gasteiger partial charge in [0.25, 0.3) is 5.91 Å². The van der Waals surface area contributed by atoms with Gasteiger partial charge in [-0.1, -0.05) is 81.4 Å². The van der Waals surface area contributed by atoms with Crippen molar-refractivity contribution in [2.75, 3.05) is 6.61 Å². The van der Waals surface area contributed by atoms with Gasteiger partial charge in [0.2, 0.25) is 0 Å². The molecule has 0 unspecified atom stereocenters. The zero-order valence-corrected chi connectivity index (χ0v) is 19.9. The van der Waals surface area contributed by atoms with E-state index in [9.17, 15) is 4.79 Å². The average Bonchev–Trinajstić information content (AvgIpc) is 2.76. The predicted octanol–water partition coefficient (Wildman–Crippen LogP) is 6.33. The number of benzene rings is 3. The van der Waals surface area contributed by atoms with E-state index in [0.717, 1.165) is 26.9 Å². The van der Waals surface area contributed by atoms with Crippen molar-refractivity contribution in [1.29, 1.82) is 0 Å². The van der Waals surface area contributed by atoms with Crippen molar-refractivity contribution in [3.63, 3.8) is 0 Å². The van der Waals surface area contributed by atoms with Gasteiger partial charge < -0.3 is 4.74 Å². The molecule has 0 heterocycles. The Morgan fingerprint density at radius 3 is 2.23 bits per heavy atom. The summed E-state index contributed by atoms with van der Waals surface area (Å²) in [5.41, 5.74) is 7.77. The fourth-order valence-electron chi connectivity index (χ4n) is 3.01. The van der Waals surface area contributed by atoms with Crippen LogP contribution in [-0.4, -0.2) is 18.2 Å². The normalized spacial score (nSPS) is 11.8. The van der Waals surface area contributed by atoms with E-state index in [2.05, 4.69) is 59.4 Å². The standard InChI is InChI=1S/C26H27BrN2O2/c1-18(19-10-12-21(13-11-19)20-8-6-5-7-9-20)28-29-25(30)17-31-24-15-14-22(16-23(24)27)26(2,3)4/h5-16H,17H2,1-4H3,(H,29,30)/b28-18-. The number of nitrogens with zero attached hydrogens (tertiary/aromatic N) is 1. The van der Waals surface area contributed by atoms with Crippen LogP contribution in [0.25, 0.3) is 11.1 Å². The minimum absolute atomic E-state index is 0.0456. The van der Waals surface area contributed by atoms with Gasteiger partial charge >= 0.3 is 0 Å². The molecule has 0 aliphatic heterocycles. The third-order valence-corrected chi connectivity index (χ3v) is 5.53. The van der Waals surface area contributed by atoms with Gasteiger partial charge in [0.1, 0.15) is 5.75 Å². The number of nitrogens with one attached hydrogen (secondary N) is 1. The first kappa shape index (κ1) is 22.8. The molecule has 0 aliphatic carbocycles. The smallest absolute Gasteiger partial charge is 0.277 e. The van der Waals surface area contributed by atoms with E-state index >= 15 is 0 Å². The Hall–Kier alpha value is -2.92. The number of amides is 1. The van der Waals surface area contributed by atoms with E-state index < -0.39 is 0 Å². The molecule has 0 atom stereocenters. The molecule has 31 heavy (non-hydrogen) atoms. The molecule has 1 amide bonds. The second kappa shape index (κ2) is 9.92. The highest BCUT2D eigenvalue weighted by molar-refractivity contribution is 9.10. The number of hydrogen-bond acceptors (Lipinski definition) is 3. The Balaban J connectivity index is 1.56. The minimum atomic E-state index is -0.313. The first-order valence-electron chi connectivity index (χ1n) is 10.2. The third-order valence-electron chi connectivity index (χ3n) is 4.91. The molecule has 0 radical (unpaired) electrons. The number of carbonyl (C=O) groups excluding carboxylic acids is 1. The van der Waals surface area contributed by atoms with Gasteiger partial charge in [-0.15, -0.1) is 0 Å². The Labute approximate surface area is 192 Å². The maximum Gasteiger partial charge on any atom is 0.277 e. The molecule has 3 rings (SSSR count). The molecule has 0 aliphatic rings. The second-order valence-electron chi connectivity index (χ2n) is 8.36. The number of hydrazone groups is 1. The van der Waals surface area contributed by atoms with Crippen molar-refractivity contribution in [2.45, 2.75) is 33.1 Å². The van der Waals surface area contributed by atoms with Crippen LogP contribution in [0, 0.1) is 0 Å². The fourth-order valence-corrected chi connectivity index (χ4v) is 3.50. The van der Waals surface area contributed by atoms with Crippen LogP contribution < -0.4 is 10.2 Å². The van der Waals surface area contributed by atoms with Gasteiger partial charge in [-0.05, 0) is 62.7 Å². The van der Waals surface area contributed by atoms with E-state index in [-0.39, 0.29) is 17.9 Å². The maximum atomic E-state index is 12.2. The molecule has 0 bridgehead atoms. The van der Waals surface area contributed by atoms with Gasteiger partial charge in [0.15, 0.2) is 6.61 Å². The first-order chi connectivity index (χ1) is 14.7. The van der Waals surface area contributed by atoms with Crippen molar-refractivity contribution in [3.8, 4) is 16.9 Å². The van der Waals surface area contributed by atoms with Crippen molar-refractivity contribution < 1.29 is 9.53 Å². The highest BCUT2D eigenvalue weighted by atomic mass is 79.9. The van der Waals surface area contributed by atoms with Crippen molar-refractivity contribution >= 4 is 27.5 Å². The molecule has 3 aromatic carbocycles. The lowest BCUT2D eigenvalue weighted by atomic mass is 9.87. The van der Waals surface area contributed by atoms with Gasteiger partial charge in [-0.3, -0.25) is 4.79 Å². The monoisotopic (exact) mass is 478 g/mol. The van der Waals surface area contributed by atoms with Gasteiger partial charge in [-0.2, -0.15) is 5.10 Å². The summed E-state index contributed by atoms with van der Waals surface area (Å²) >= 11 is 3.52. The van der Waals surface area contributed by atoms with Gasteiger partial charge in [-0.25, -0.2) is 5.43 Å². The summed E-state index contributed by atoms with van der Waals surface area (Å²) in [6.45, 7) is 8.20. The van der Waals surface area contributed by atoms with E-state index in [1.54, 1.807) is 0 Å². The highest BCUT2D eigenvalue weighted by Crippen LogP contribution is 2.31. The van der Waals surface area contributed by atoms with Crippen LogP contribution in [-0.2, 0) is 10.2 Å². The predicted molar refractivity (Wildman–Crippen MR) is 131 cm³/mol. The van der Waals surface area contributed by atoms with E-state index in [0.29, 0.717) is 5.75 Å². The lowest BCUT2D eigenvalue weighted by Gasteiger charge is -2.20. The summed E-state index contributed by atoms with van der Waals surface area (Å²) in [6.07, 6.45) is 0. The lowest BCUT2D eigenvalue weighted by molar-refractivity contribution is -0.123. The Bertz CT molecular complexity index is 1070. The van der Waals surface area contributed by atoms with Gasteiger partial charge in [0, 0.05) is 0 Å². The van der Waals surface area contributed by atoms with Crippen LogP contribution in [0.2, 0.25) is 0 Å². The largest absolute Gasteiger partial charge is 0.483 e. The highest BCUT2D eigenvalue weighted by Gasteiger charge is 2.15. The second-order valence-corrected chi connectivity index (χ2v) is 9.21. The molecule has 0 aromatic heterocycles. The molecule has 4 nitrogen and oxygen atoms in total. The molecule has 1 N–H and O–H groups in total. The molecule has 3 aromatic rings. The molecule has 0 saturated heterocycles. The first-order valence-corrected chi connectivity index (χ1v) is 10.9.